The number of benzene rings is 1. The first-order valence-corrected chi connectivity index (χ1v) is 5.65. The smallest absolute Gasteiger partial charge is 0.162 e. The van der Waals surface area contributed by atoms with Gasteiger partial charge in [0.1, 0.15) is 0 Å². The van der Waals surface area contributed by atoms with Crippen molar-refractivity contribution < 1.29 is 0 Å². The first-order chi connectivity index (χ1) is 7.58. The maximum Gasteiger partial charge on any atom is 0.162 e. The molecule has 0 unspecified atom stereocenters. The zero-order valence-corrected chi connectivity index (χ0v) is 10.6. The molecular formula is C11H7Cl3N2. The molecule has 0 atom stereocenters. The van der Waals surface area contributed by atoms with Crippen molar-refractivity contribution in [3.8, 4) is 11.4 Å². The molecule has 0 aliphatic carbocycles. The van der Waals surface area contributed by atoms with Gasteiger partial charge in [-0.2, -0.15) is 0 Å². The molecule has 0 N–H and O–H groups in total. The molecule has 0 radical (unpaired) electrons. The lowest BCUT2D eigenvalue weighted by Crippen LogP contribution is -1.91. The van der Waals surface area contributed by atoms with Crippen LogP contribution >= 0.6 is 34.8 Å². The summed E-state index contributed by atoms with van der Waals surface area (Å²) < 4.78 is 0. The number of aromatic nitrogens is 2. The first kappa shape index (κ1) is 11.6. The van der Waals surface area contributed by atoms with Crippen LogP contribution in [-0.4, -0.2) is 9.97 Å². The van der Waals surface area contributed by atoms with Crippen LogP contribution in [0.4, 0.5) is 0 Å². The highest BCUT2D eigenvalue weighted by molar-refractivity contribution is 6.41. The summed E-state index contributed by atoms with van der Waals surface area (Å²) >= 11 is 17.9. The van der Waals surface area contributed by atoms with Gasteiger partial charge in [-0.3, -0.25) is 0 Å². The van der Waals surface area contributed by atoms with Gasteiger partial charge in [0.05, 0.1) is 15.6 Å². The highest BCUT2D eigenvalue weighted by Crippen LogP contribution is 2.35. The molecule has 2 nitrogen and oxygen atoms in total. The summed E-state index contributed by atoms with van der Waals surface area (Å²) in [6.07, 6.45) is 3.42. The number of hydrogen-bond acceptors (Lipinski definition) is 2. The molecule has 0 saturated heterocycles. The van der Waals surface area contributed by atoms with Gasteiger partial charge in [-0.05, 0) is 24.6 Å². The van der Waals surface area contributed by atoms with E-state index in [1.165, 1.54) is 0 Å². The van der Waals surface area contributed by atoms with Crippen molar-refractivity contribution >= 4 is 34.8 Å². The van der Waals surface area contributed by atoms with Crippen LogP contribution < -0.4 is 0 Å². The molecule has 16 heavy (non-hydrogen) atoms. The summed E-state index contributed by atoms with van der Waals surface area (Å²) in [6, 6.07) is 3.24. The Labute approximate surface area is 108 Å². The van der Waals surface area contributed by atoms with Gasteiger partial charge < -0.3 is 0 Å². The Balaban J connectivity index is 2.60. The number of nitrogens with zero attached hydrogens (tertiary/aromatic N) is 2. The summed E-state index contributed by atoms with van der Waals surface area (Å²) in [5.41, 5.74) is 1.58. The highest BCUT2D eigenvalue weighted by Gasteiger charge is 2.12. The Morgan fingerprint density at radius 2 is 1.44 bits per heavy atom. The summed E-state index contributed by atoms with van der Waals surface area (Å²) in [6.45, 7) is 1.91. The Hall–Kier alpha value is -0.830. The molecule has 1 heterocycles. The van der Waals surface area contributed by atoms with Gasteiger partial charge in [0.2, 0.25) is 0 Å². The standard InChI is InChI=1S/C11H7Cl3N2/c1-6-4-15-11(16-5-6)10-8(13)2-7(12)3-9(10)14/h2-5H,1H3. The van der Waals surface area contributed by atoms with Crippen molar-refractivity contribution in [3.05, 3.63) is 45.2 Å². The van der Waals surface area contributed by atoms with Crippen molar-refractivity contribution in [2.45, 2.75) is 6.92 Å². The number of halogens is 3. The van der Waals surface area contributed by atoms with Gasteiger partial charge in [0, 0.05) is 17.4 Å². The fraction of sp³-hybridized carbons (Fsp3) is 0.0909. The van der Waals surface area contributed by atoms with Gasteiger partial charge in [0.25, 0.3) is 0 Å². The van der Waals surface area contributed by atoms with Crippen LogP contribution in [0.2, 0.25) is 15.1 Å². The zero-order chi connectivity index (χ0) is 11.7. The number of aryl methyl sites for hydroxylation is 1. The van der Waals surface area contributed by atoms with Crippen molar-refractivity contribution in [1.29, 1.82) is 0 Å². The third-order valence-corrected chi connectivity index (χ3v) is 2.83. The van der Waals surface area contributed by atoms with Crippen LogP contribution in [0.15, 0.2) is 24.5 Å². The van der Waals surface area contributed by atoms with Crippen LogP contribution in [0.3, 0.4) is 0 Å². The van der Waals surface area contributed by atoms with E-state index >= 15 is 0 Å². The minimum Gasteiger partial charge on any atom is -0.236 e. The Bertz CT molecular complexity index is 500. The van der Waals surface area contributed by atoms with Crippen molar-refractivity contribution in [3.63, 3.8) is 0 Å². The molecule has 1 aromatic carbocycles. The Morgan fingerprint density at radius 3 is 1.94 bits per heavy atom. The lowest BCUT2D eigenvalue weighted by atomic mass is 10.2. The van der Waals surface area contributed by atoms with Crippen LogP contribution in [0.1, 0.15) is 5.56 Å². The second-order valence-corrected chi connectivity index (χ2v) is 4.58. The summed E-state index contributed by atoms with van der Waals surface area (Å²) in [5, 5.41) is 1.38. The second-order valence-electron chi connectivity index (χ2n) is 3.33. The lowest BCUT2D eigenvalue weighted by molar-refractivity contribution is 1.14. The fourth-order valence-electron chi connectivity index (χ4n) is 1.28. The third-order valence-electron chi connectivity index (χ3n) is 2.01. The van der Waals surface area contributed by atoms with E-state index in [-0.39, 0.29) is 0 Å². The minimum absolute atomic E-state index is 0.446. The predicted octanol–water partition coefficient (Wildman–Crippen LogP) is 4.41. The van der Waals surface area contributed by atoms with E-state index in [2.05, 4.69) is 9.97 Å². The summed E-state index contributed by atoms with van der Waals surface area (Å²) in [4.78, 5) is 8.35. The van der Waals surface area contributed by atoms with Crippen LogP contribution in [0, 0.1) is 6.92 Å². The van der Waals surface area contributed by atoms with Gasteiger partial charge in [0.15, 0.2) is 5.82 Å². The molecule has 0 saturated carbocycles. The molecule has 0 aliphatic heterocycles. The maximum absolute atomic E-state index is 6.06. The average molecular weight is 274 g/mol. The summed E-state index contributed by atoms with van der Waals surface area (Å²) in [7, 11) is 0. The van der Waals surface area contributed by atoms with Crippen molar-refractivity contribution in [2.24, 2.45) is 0 Å². The second kappa shape index (κ2) is 4.58. The van der Waals surface area contributed by atoms with E-state index in [1.807, 2.05) is 6.92 Å². The number of hydrogen-bond donors (Lipinski definition) is 0. The Morgan fingerprint density at radius 1 is 0.938 bits per heavy atom. The lowest BCUT2D eigenvalue weighted by Gasteiger charge is -2.06. The SMILES string of the molecule is Cc1cnc(-c2c(Cl)cc(Cl)cc2Cl)nc1. The normalized spacial score (nSPS) is 10.5. The largest absolute Gasteiger partial charge is 0.236 e. The van der Waals surface area contributed by atoms with E-state index < -0.39 is 0 Å². The average Bonchev–Trinajstić information content (AvgIpc) is 2.19. The van der Waals surface area contributed by atoms with Gasteiger partial charge >= 0.3 is 0 Å². The molecular weight excluding hydrogens is 266 g/mol. The molecule has 5 heteroatoms. The molecule has 1 aromatic heterocycles. The minimum atomic E-state index is 0.446. The van der Waals surface area contributed by atoms with E-state index in [0.717, 1.165) is 5.56 Å². The number of rotatable bonds is 1. The van der Waals surface area contributed by atoms with E-state index in [4.69, 9.17) is 34.8 Å². The topological polar surface area (TPSA) is 25.8 Å². The molecule has 82 valence electrons. The maximum atomic E-state index is 6.06. The highest BCUT2D eigenvalue weighted by atomic mass is 35.5. The van der Waals surface area contributed by atoms with Crippen molar-refractivity contribution in [1.82, 2.24) is 9.97 Å². The quantitative estimate of drug-likeness (QED) is 0.769. The monoisotopic (exact) mass is 272 g/mol. The molecule has 0 amide bonds. The molecule has 0 bridgehead atoms. The summed E-state index contributed by atoms with van der Waals surface area (Å²) in [5.74, 6) is 0.497. The molecule has 0 aliphatic rings. The van der Waals surface area contributed by atoms with Crippen LogP contribution in [-0.2, 0) is 0 Å². The van der Waals surface area contributed by atoms with Crippen LogP contribution in [0.5, 0.6) is 0 Å². The fourth-order valence-corrected chi connectivity index (χ4v) is 2.26. The van der Waals surface area contributed by atoms with E-state index in [1.54, 1.807) is 24.5 Å². The molecule has 0 spiro atoms. The first-order valence-electron chi connectivity index (χ1n) is 4.51. The third kappa shape index (κ3) is 2.29. The van der Waals surface area contributed by atoms with Crippen LogP contribution in [0.25, 0.3) is 11.4 Å². The zero-order valence-electron chi connectivity index (χ0n) is 8.34. The van der Waals surface area contributed by atoms with E-state index in [0.29, 0.717) is 26.5 Å². The van der Waals surface area contributed by atoms with Gasteiger partial charge in [-0.25, -0.2) is 9.97 Å². The predicted molar refractivity (Wildman–Crippen MR) is 67.2 cm³/mol. The van der Waals surface area contributed by atoms with Gasteiger partial charge in [-0.15, -0.1) is 0 Å². The van der Waals surface area contributed by atoms with Gasteiger partial charge in [-0.1, -0.05) is 34.8 Å². The molecule has 2 aromatic rings. The molecule has 0 fully saturated rings. The van der Waals surface area contributed by atoms with E-state index in [9.17, 15) is 0 Å². The Kier molecular flexibility index (Phi) is 3.33. The molecule has 2 rings (SSSR count). The van der Waals surface area contributed by atoms with Crippen molar-refractivity contribution in [2.75, 3.05) is 0 Å².